The van der Waals surface area contributed by atoms with E-state index in [0.717, 1.165) is 10.8 Å². The van der Waals surface area contributed by atoms with Crippen LogP contribution in [0.25, 0.3) is 21.9 Å². The molecule has 0 saturated heterocycles. The predicted octanol–water partition coefficient (Wildman–Crippen LogP) is 1.37. The molecule has 0 spiro atoms. The smallest absolute Gasteiger partial charge is 0.294 e. The summed E-state index contributed by atoms with van der Waals surface area (Å²) in [5.41, 5.74) is 1.40. The van der Waals surface area contributed by atoms with Crippen molar-refractivity contribution in [2.45, 2.75) is 4.90 Å². The number of nitrogens with zero attached hydrogens (tertiary/aromatic N) is 3. The Kier molecular flexibility index (Phi) is 2.16. The van der Waals surface area contributed by atoms with Crippen LogP contribution in [0.4, 0.5) is 0 Å². The van der Waals surface area contributed by atoms with E-state index in [1.165, 1.54) is 18.5 Å². The second kappa shape index (κ2) is 3.50. The summed E-state index contributed by atoms with van der Waals surface area (Å²) in [6.45, 7) is 0. The van der Waals surface area contributed by atoms with Gasteiger partial charge in [-0.05, 0) is 12.1 Å². The van der Waals surface area contributed by atoms with Gasteiger partial charge in [0.15, 0.2) is 0 Å². The van der Waals surface area contributed by atoms with Crippen molar-refractivity contribution < 1.29 is 13.0 Å². The molecule has 0 radical (unpaired) electrons. The topological polar surface area (TPSA) is 85.1 Å². The summed E-state index contributed by atoms with van der Waals surface area (Å²) in [7, 11) is -2.41. The molecule has 0 bridgehead atoms. The number of aromatic nitrogens is 3. The summed E-state index contributed by atoms with van der Waals surface area (Å²) in [5, 5.41) is 1.69. The van der Waals surface area contributed by atoms with Crippen LogP contribution in [0.2, 0.25) is 0 Å². The molecule has 1 N–H and O–H groups in total. The fraction of sp³-hybridized carbons (Fsp3) is 0.0909. The summed E-state index contributed by atoms with van der Waals surface area (Å²) in [4.78, 5) is 7.97. The molecule has 3 aromatic rings. The van der Waals surface area contributed by atoms with Gasteiger partial charge in [0, 0.05) is 24.0 Å². The molecule has 0 fully saturated rings. The first-order valence-corrected chi connectivity index (χ1v) is 6.58. The minimum atomic E-state index is -4.20. The van der Waals surface area contributed by atoms with Gasteiger partial charge < -0.3 is 4.57 Å². The lowest BCUT2D eigenvalue weighted by Crippen LogP contribution is -1.98. The van der Waals surface area contributed by atoms with Gasteiger partial charge in [-0.3, -0.25) is 4.55 Å². The van der Waals surface area contributed by atoms with Gasteiger partial charge in [0.1, 0.15) is 12.0 Å². The molecule has 0 aliphatic rings. The van der Waals surface area contributed by atoms with Gasteiger partial charge in [-0.1, -0.05) is 6.07 Å². The molecule has 7 heteroatoms. The summed E-state index contributed by atoms with van der Waals surface area (Å²) >= 11 is 0. The monoisotopic (exact) mass is 263 g/mol. The average Bonchev–Trinajstić information content (AvgIpc) is 2.63. The largest absolute Gasteiger partial charge is 0.328 e. The highest BCUT2D eigenvalue weighted by Crippen LogP contribution is 2.27. The van der Waals surface area contributed by atoms with Gasteiger partial charge in [-0.2, -0.15) is 8.42 Å². The van der Waals surface area contributed by atoms with Crippen molar-refractivity contribution in [2.24, 2.45) is 7.05 Å². The number of aryl methyl sites for hydroxylation is 1. The molecule has 0 atom stereocenters. The fourth-order valence-corrected chi connectivity index (χ4v) is 2.57. The molecule has 0 aliphatic carbocycles. The van der Waals surface area contributed by atoms with E-state index >= 15 is 0 Å². The van der Waals surface area contributed by atoms with Gasteiger partial charge in [-0.15, -0.1) is 0 Å². The van der Waals surface area contributed by atoms with Crippen molar-refractivity contribution >= 4 is 32.1 Å². The molecule has 2 heterocycles. The summed E-state index contributed by atoms with van der Waals surface area (Å²) < 4.78 is 33.1. The lowest BCUT2D eigenvalue weighted by atomic mass is 10.2. The molecular weight excluding hydrogens is 254 g/mol. The van der Waals surface area contributed by atoms with Crippen LogP contribution >= 0.6 is 0 Å². The average molecular weight is 263 g/mol. The molecule has 0 saturated carbocycles. The third-order valence-electron chi connectivity index (χ3n) is 2.93. The molecule has 18 heavy (non-hydrogen) atoms. The summed E-state index contributed by atoms with van der Waals surface area (Å²) in [5.74, 6) is 0. The van der Waals surface area contributed by atoms with Gasteiger partial charge in [0.25, 0.3) is 10.1 Å². The first-order chi connectivity index (χ1) is 8.48. The van der Waals surface area contributed by atoms with Crippen LogP contribution in [0.15, 0.2) is 35.6 Å². The zero-order chi connectivity index (χ0) is 12.9. The first-order valence-electron chi connectivity index (χ1n) is 5.14. The van der Waals surface area contributed by atoms with Gasteiger partial charge in [-0.25, -0.2) is 9.97 Å². The lowest BCUT2D eigenvalue weighted by molar-refractivity contribution is 0.483. The summed E-state index contributed by atoms with van der Waals surface area (Å²) in [6, 6.07) is 4.43. The van der Waals surface area contributed by atoms with Crippen molar-refractivity contribution in [2.75, 3.05) is 0 Å². The first kappa shape index (κ1) is 11.1. The van der Waals surface area contributed by atoms with Crippen molar-refractivity contribution in [1.82, 2.24) is 14.5 Å². The number of rotatable bonds is 1. The molecule has 0 aliphatic heterocycles. The van der Waals surface area contributed by atoms with Crippen LogP contribution < -0.4 is 0 Å². The second-order valence-electron chi connectivity index (χ2n) is 3.97. The summed E-state index contributed by atoms with van der Waals surface area (Å²) in [6.07, 6.45) is 3.11. The molecule has 6 nitrogen and oxygen atoms in total. The third-order valence-corrected chi connectivity index (χ3v) is 3.78. The van der Waals surface area contributed by atoms with Gasteiger partial charge in [0.05, 0.1) is 10.4 Å². The third kappa shape index (κ3) is 1.48. The van der Waals surface area contributed by atoms with Crippen LogP contribution in [0.1, 0.15) is 0 Å². The highest BCUT2D eigenvalue weighted by Gasteiger charge is 2.14. The Morgan fingerprint density at radius 2 is 2.06 bits per heavy atom. The standard InChI is InChI=1S/C11H9N3O3S/c1-14-10-4-7(18(15,16)17)2-3-8(10)9-5-12-6-13-11(9)14/h2-6H,1H3,(H,15,16,17). The van der Waals surface area contributed by atoms with Crippen LogP contribution in [-0.2, 0) is 17.2 Å². The Morgan fingerprint density at radius 3 is 2.78 bits per heavy atom. The highest BCUT2D eigenvalue weighted by atomic mass is 32.2. The SMILES string of the molecule is Cn1c2cc(S(=O)(=O)O)ccc2c2cncnc21. The van der Waals surface area contributed by atoms with Crippen LogP contribution in [0.5, 0.6) is 0 Å². The normalized spacial score (nSPS) is 12.3. The Labute approximate surface area is 103 Å². The van der Waals surface area contributed by atoms with E-state index in [-0.39, 0.29) is 4.90 Å². The zero-order valence-corrected chi connectivity index (χ0v) is 10.2. The van der Waals surface area contributed by atoms with E-state index in [4.69, 9.17) is 4.55 Å². The van der Waals surface area contributed by atoms with E-state index < -0.39 is 10.1 Å². The van der Waals surface area contributed by atoms with E-state index in [2.05, 4.69) is 9.97 Å². The van der Waals surface area contributed by atoms with Crippen molar-refractivity contribution in [3.8, 4) is 0 Å². The quantitative estimate of drug-likeness (QED) is 0.670. The fourth-order valence-electron chi connectivity index (χ4n) is 2.07. The minimum absolute atomic E-state index is 0.131. The van der Waals surface area contributed by atoms with E-state index in [1.807, 2.05) is 0 Å². The van der Waals surface area contributed by atoms with Crippen molar-refractivity contribution in [1.29, 1.82) is 0 Å². The number of hydrogen-bond acceptors (Lipinski definition) is 4. The zero-order valence-electron chi connectivity index (χ0n) is 9.40. The Hall–Kier alpha value is -1.99. The minimum Gasteiger partial charge on any atom is -0.328 e. The van der Waals surface area contributed by atoms with E-state index in [1.54, 1.807) is 23.9 Å². The maximum Gasteiger partial charge on any atom is 0.294 e. The van der Waals surface area contributed by atoms with Crippen molar-refractivity contribution in [3.63, 3.8) is 0 Å². The maximum absolute atomic E-state index is 11.1. The van der Waals surface area contributed by atoms with Crippen LogP contribution in [0.3, 0.4) is 0 Å². The molecule has 0 unspecified atom stereocenters. The molecular formula is C11H9N3O3S. The predicted molar refractivity (Wildman–Crippen MR) is 65.8 cm³/mol. The van der Waals surface area contributed by atoms with E-state index in [0.29, 0.717) is 11.2 Å². The van der Waals surface area contributed by atoms with Crippen LogP contribution in [-0.4, -0.2) is 27.5 Å². The highest BCUT2D eigenvalue weighted by molar-refractivity contribution is 7.85. The van der Waals surface area contributed by atoms with E-state index in [9.17, 15) is 8.42 Å². The molecule has 1 aromatic carbocycles. The molecule has 92 valence electrons. The Balaban J connectivity index is 2.50. The van der Waals surface area contributed by atoms with Gasteiger partial charge in [0.2, 0.25) is 0 Å². The molecule has 2 aromatic heterocycles. The van der Waals surface area contributed by atoms with Crippen molar-refractivity contribution in [3.05, 3.63) is 30.7 Å². The second-order valence-corrected chi connectivity index (χ2v) is 5.39. The molecule has 3 rings (SSSR count). The van der Waals surface area contributed by atoms with Gasteiger partial charge >= 0.3 is 0 Å². The number of fused-ring (bicyclic) bond motifs is 3. The maximum atomic E-state index is 11.1. The van der Waals surface area contributed by atoms with Crippen LogP contribution in [0, 0.1) is 0 Å². The molecule has 0 amide bonds. The Morgan fingerprint density at radius 1 is 1.28 bits per heavy atom. The Bertz CT molecular complexity index is 868. The number of hydrogen-bond donors (Lipinski definition) is 1. The number of benzene rings is 1. The lowest BCUT2D eigenvalue weighted by Gasteiger charge is -1.99.